The maximum Gasteiger partial charge on any atom is 0.358 e. The summed E-state index contributed by atoms with van der Waals surface area (Å²) in [6.07, 6.45) is 3.43. The molecule has 0 saturated carbocycles. The van der Waals surface area contributed by atoms with Gasteiger partial charge in [-0.25, -0.2) is 14.8 Å². The molecule has 0 atom stereocenters. The molecule has 0 amide bonds. The van der Waals surface area contributed by atoms with E-state index in [0.717, 1.165) is 10.6 Å². The quantitative estimate of drug-likeness (QED) is 0.877. The number of hydrogen-bond donors (Lipinski definition) is 1. The molecule has 1 N–H and O–H groups in total. The molecular weight excluding hydrogens is 284 g/mol. The predicted molar refractivity (Wildman–Crippen MR) is 75.3 cm³/mol. The molecule has 0 aliphatic carbocycles. The van der Waals surface area contributed by atoms with E-state index < -0.39 is 5.97 Å². The van der Waals surface area contributed by atoms with Gasteiger partial charge in [-0.1, -0.05) is 0 Å². The number of aliphatic hydroxyl groups is 1. The van der Waals surface area contributed by atoms with Crippen LogP contribution in [0.1, 0.15) is 22.3 Å². The molecule has 2 heterocycles. The number of aromatic nitrogens is 2. The van der Waals surface area contributed by atoms with Crippen LogP contribution in [0.3, 0.4) is 0 Å². The van der Waals surface area contributed by atoms with Crippen molar-refractivity contribution in [2.75, 3.05) is 13.7 Å². The van der Waals surface area contributed by atoms with Gasteiger partial charge in [0.1, 0.15) is 0 Å². The largest absolute Gasteiger partial charge is 0.464 e. The summed E-state index contributed by atoms with van der Waals surface area (Å²) in [6, 6.07) is 0. The molecule has 0 fully saturated rings. The Kier molecular flexibility index (Phi) is 4.41. The average molecular weight is 296 g/mol. The molecule has 0 aromatic carbocycles. The minimum absolute atomic E-state index is 0.0644. The first-order valence-corrected chi connectivity index (χ1v) is 7.12. The van der Waals surface area contributed by atoms with E-state index in [4.69, 9.17) is 9.84 Å². The monoisotopic (exact) mass is 296 g/mol. The molecule has 0 bridgehead atoms. The summed E-state index contributed by atoms with van der Waals surface area (Å²) in [5.41, 5.74) is 1.00. The zero-order valence-corrected chi connectivity index (χ0v) is 12.0. The third-order valence-corrected chi connectivity index (χ3v) is 4.19. The van der Waals surface area contributed by atoms with Crippen molar-refractivity contribution >= 4 is 34.7 Å². The zero-order valence-electron chi connectivity index (χ0n) is 10.4. The van der Waals surface area contributed by atoms with Crippen LogP contribution in [0.5, 0.6) is 0 Å². The van der Waals surface area contributed by atoms with E-state index in [-0.39, 0.29) is 12.3 Å². The molecule has 0 radical (unpaired) electrons. The number of esters is 1. The van der Waals surface area contributed by atoms with Crippen LogP contribution in [0.2, 0.25) is 0 Å². The number of hydrogen-bond acceptors (Lipinski definition) is 7. The van der Waals surface area contributed by atoms with Crippen molar-refractivity contribution in [1.82, 2.24) is 9.97 Å². The lowest BCUT2D eigenvalue weighted by Gasteiger charge is -1.97. The molecule has 7 heteroatoms. The minimum atomic E-state index is -0.490. The van der Waals surface area contributed by atoms with Crippen LogP contribution in [0.25, 0.3) is 16.1 Å². The van der Waals surface area contributed by atoms with E-state index >= 15 is 0 Å². The molecule has 0 spiro atoms. The van der Waals surface area contributed by atoms with Crippen molar-refractivity contribution < 1.29 is 14.6 Å². The van der Waals surface area contributed by atoms with Gasteiger partial charge < -0.3 is 9.84 Å². The van der Waals surface area contributed by atoms with E-state index in [0.29, 0.717) is 9.88 Å². The smallest absolute Gasteiger partial charge is 0.358 e. The molecule has 2 aromatic rings. The van der Waals surface area contributed by atoms with Crippen molar-refractivity contribution in [3.8, 4) is 10.0 Å². The molecule has 0 saturated heterocycles. The van der Waals surface area contributed by atoms with Crippen molar-refractivity contribution in [2.24, 2.45) is 0 Å². The van der Waals surface area contributed by atoms with Crippen LogP contribution in [0.4, 0.5) is 0 Å². The lowest BCUT2D eigenvalue weighted by molar-refractivity contribution is 0.0595. The number of carbonyl (C=O) groups is 1. The maximum absolute atomic E-state index is 11.7. The minimum Gasteiger partial charge on any atom is -0.464 e. The first kappa shape index (κ1) is 13.9. The number of methoxy groups -OCH3 is 1. The predicted octanol–water partition coefficient (Wildman–Crippen LogP) is 2.45. The fourth-order valence-electron chi connectivity index (χ4n) is 1.36. The number of nitrogens with zero attached hydrogens (tertiary/aromatic N) is 2. The van der Waals surface area contributed by atoms with Crippen LogP contribution in [-0.4, -0.2) is 34.8 Å². The van der Waals surface area contributed by atoms with Crippen molar-refractivity contribution in [3.05, 3.63) is 27.7 Å². The maximum atomic E-state index is 11.7. The van der Waals surface area contributed by atoms with Gasteiger partial charge in [0.05, 0.1) is 18.6 Å². The van der Waals surface area contributed by atoms with Crippen LogP contribution < -0.4 is 0 Å². The van der Waals surface area contributed by atoms with Gasteiger partial charge in [-0.05, 0) is 18.6 Å². The molecule has 0 aliphatic heterocycles. The van der Waals surface area contributed by atoms with Crippen molar-refractivity contribution in [1.29, 1.82) is 0 Å². The Balaban J connectivity index is 2.48. The van der Waals surface area contributed by atoms with Crippen LogP contribution in [0.15, 0.2) is 17.2 Å². The van der Waals surface area contributed by atoms with E-state index in [2.05, 4.69) is 9.97 Å². The van der Waals surface area contributed by atoms with Crippen LogP contribution in [-0.2, 0) is 4.74 Å². The Labute approximate surface area is 118 Å². The molecule has 100 valence electrons. The lowest BCUT2D eigenvalue weighted by Crippen LogP contribution is -2.03. The number of rotatable bonds is 4. The fourth-order valence-corrected chi connectivity index (χ4v) is 3.12. The van der Waals surface area contributed by atoms with E-state index in [9.17, 15) is 4.79 Å². The summed E-state index contributed by atoms with van der Waals surface area (Å²) >= 11 is 2.81. The highest BCUT2D eigenvalue weighted by Gasteiger charge is 2.19. The zero-order chi connectivity index (χ0) is 13.8. The molecule has 5 nitrogen and oxygen atoms in total. The summed E-state index contributed by atoms with van der Waals surface area (Å²) in [4.78, 5) is 20.8. The summed E-state index contributed by atoms with van der Waals surface area (Å²) in [5.74, 6) is -0.490. The molecule has 2 rings (SSSR count). The molecule has 0 aliphatic rings. The van der Waals surface area contributed by atoms with E-state index in [1.54, 1.807) is 19.2 Å². The third-order valence-electron chi connectivity index (χ3n) is 2.27. The molecule has 2 aromatic heterocycles. The van der Waals surface area contributed by atoms with Crippen molar-refractivity contribution in [3.63, 3.8) is 0 Å². The lowest BCUT2D eigenvalue weighted by atomic mass is 10.2. The van der Waals surface area contributed by atoms with Gasteiger partial charge in [-0.2, -0.15) is 0 Å². The topological polar surface area (TPSA) is 72.3 Å². The molecule has 0 unspecified atom stereocenters. The van der Waals surface area contributed by atoms with Gasteiger partial charge in [0, 0.05) is 11.6 Å². The Hall–Kier alpha value is -1.57. The molecule has 19 heavy (non-hydrogen) atoms. The van der Waals surface area contributed by atoms with Crippen LogP contribution >= 0.6 is 22.7 Å². The summed E-state index contributed by atoms with van der Waals surface area (Å²) in [7, 11) is 1.32. The standard InChI is InChI=1S/C12H12N2O3S2/c1-7(6-15)5-8-9(12(16)17-2)14-11(19-8)10-13-3-4-18-10/h3-5,15H,6H2,1-2H3. The Morgan fingerprint density at radius 3 is 2.89 bits per heavy atom. The fraction of sp³-hybridized carbons (Fsp3) is 0.250. The Bertz CT molecular complexity index is 603. The second-order valence-electron chi connectivity index (χ2n) is 3.71. The van der Waals surface area contributed by atoms with Gasteiger partial charge in [0.25, 0.3) is 0 Å². The first-order chi connectivity index (χ1) is 9.15. The first-order valence-electron chi connectivity index (χ1n) is 5.42. The number of ether oxygens (including phenoxy) is 1. The summed E-state index contributed by atoms with van der Waals surface area (Å²) in [6.45, 7) is 1.72. The van der Waals surface area contributed by atoms with Gasteiger partial charge in [0.15, 0.2) is 15.7 Å². The second-order valence-corrected chi connectivity index (χ2v) is 5.63. The number of carbonyl (C=O) groups excluding carboxylic acids is 1. The van der Waals surface area contributed by atoms with E-state index in [1.165, 1.54) is 29.8 Å². The highest BCUT2D eigenvalue weighted by atomic mass is 32.1. The van der Waals surface area contributed by atoms with Gasteiger partial charge in [-0.3, -0.25) is 0 Å². The highest BCUT2D eigenvalue weighted by molar-refractivity contribution is 7.21. The summed E-state index contributed by atoms with van der Waals surface area (Å²) in [5, 5.41) is 12.3. The number of thiazole rings is 2. The van der Waals surface area contributed by atoms with Gasteiger partial charge >= 0.3 is 5.97 Å². The Morgan fingerprint density at radius 2 is 2.32 bits per heavy atom. The van der Waals surface area contributed by atoms with Gasteiger partial charge in [-0.15, -0.1) is 22.7 Å². The average Bonchev–Trinajstić information content (AvgIpc) is 3.06. The SMILES string of the molecule is COC(=O)c1nc(-c2nccs2)sc1C=C(C)CO. The Morgan fingerprint density at radius 1 is 1.53 bits per heavy atom. The van der Waals surface area contributed by atoms with Crippen LogP contribution in [0, 0.1) is 0 Å². The van der Waals surface area contributed by atoms with Crippen molar-refractivity contribution in [2.45, 2.75) is 6.92 Å². The third kappa shape index (κ3) is 3.06. The number of aliphatic hydroxyl groups excluding tert-OH is 1. The second kappa shape index (κ2) is 6.05. The molecular formula is C12H12N2O3S2. The highest BCUT2D eigenvalue weighted by Crippen LogP contribution is 2.31. The van der Waals surface area contributed by atoms with Gasteiger partial charge in [0.2, 0.25) is 0 Å². The normalized spacial score (nSPS) is 11.6. The summed E-state index contributed by atoms with van der Waals surface area (Å²) < 4.78 is 4.72. The van der Waals surface area contributed by atoms with E-state index in [1.807, 2.05) is 5.38 Å².